The normalized spacial score (nSPS) is 21.0. The fraction of sp³-hybridized carbons (Fsp3) is 0.409. The molecular weight excluding hydrogens is 396 g/mol. The maximum Gasteiger partial charge on any atom is 0.226 e. The number of aliphatic hydroxyl groups is 1. The molecule has 31 heavy (non-hydrogen) atoms. The van der Waals surface area contributed by atoms with Crippen molar-refractivity contribution in [2.45, 2.75) is 50.5 Å². The Hall–Kier alpha value is -3.17. The third-order valence-corrected chi connectivity index (χ3v) is 5.39. The molecular formula is C22H26N6O3. The molecule has 0 radical (unpaired) electrons. The lowest BCUT2D eigenvalue weighted by Gasteiger charge is -2.36. The van der Waals surface area contributed by atoms with Crippen molar-refractivity contribution in [2.75, 3.05) is 6.61 Å². The Labute approximate surface area is 180 Å². The zero-order valence-corrected chi connectivity index (χ0v) is 17.2. The molecule has 0 aromatic carbocycles. The topological polar surface area (TPSA) is 115 Å². The fourth-order valence-corrected chi connectivity index (χ4v) is 3.76. The van der Waals surface area contributed by atoms with E-state index in [0.29, 0.717) is 12.2 Å². The van der Waals surface area contributed by atoms with Gasteiger partial charge in [0.05, 0.1) is 31.4 Å². The molecule has 4 heterocycles. The van der Waals surface area contributed by atoms with Crippen LogP contribution in [0.2, 0.25) is 0 Å². The highest BCUT2D eigenvalue weighted by Gasteiger charge is 2.31. The number of amides is 1. The molecule has 162 valence electrons. The van der Waals surface area contributed by atoms with E-state index in [9.17, 15) is 9.90 Å². The number of aromatic nitrogens is 5. The number of rotatable bonds is 8. The number of hydrogen-bond acceptors (Lipinski definition) is 7. The average molecular weight is 422 g/mol. The summed E-state index contributed by atoms with van der Waals surface area (Å²) in [5.74, 6) is -0.116. The Kier molecular flexibility index (Phi) is 6.96. The summed E-state index contributed by atoms with van der Waals surface area (Å²) in [7, 11) is 0. The summed E-state index contributed by atoms with van der Waals surface area (Å²) in [6.07, 6.45) is 9.13. The summed E-state index contributed by atoms with van der Waals surface area (Å²) in [5, 5.41) is 21.1. The summed E-state index contributed by atoms with van der Waals surface area (Å²) < 4.78 is 7.85. The maximum absolute atomic E-state index is 12.3. The van der Waals surface area contributed by atoms with E-state index in [0.717, 1.165) is 30.5 Å². The molecule has 0 bridgehead atoms. The fourth-order valence-electron chi connectivity index (χ4n) is 3.76. The number of nitrogens with one attached hydrogen (secondary N) is 1. The van der Waals surface area contributed by atoms with Gasteiger partial charge in [-0.2, -0.15) is 0 Å². The molecule has 3 aromatic rings. The first-order valence-corrected chi connectivity index (χ1v) is 10.5. The largest absolute Gasteiger partial charge is 0.394 e. The van der Waals surface area contributed by atoms with Crippen LogP contribution in [-0.2, 0) is 22.5 Å². The van der Waals surface area contributed by atoms with Gasteiger partial charge in [-0.3, -0.25) is 19.4 Å². The number of ether oxygens (including phenoxy) is 1. The number of hydrogen-bond donors (Lipinski definition) is 2. The second kappa shape index (κ2) is 10.2. The Morgan fingerprint density at radius 2 is 2.16 bits per heavy atom. The van der Waals surface area contributed by atoms with Crippen LogP contribution in [0.4, 0.5) is 0 Å². The van der Waals surface area contributed by atoms with E-state index >= 15 is 0 Å². The van der Waals surface area contributed by atoms with E-state index < -0.39 is 6.10 Å². The minimum atomic E-state index is -0.423. The molecule has 1 aliphatic rings. The van der Waals surface area contributed by atoms with Gasteiger partial charge >= 0.3 is 0 Å². The predicted molar refractivity (Wildman–Crippen MR) is 113 cm³/mol. The molecule has 1 aliphatic heterocycles. The van der Waals surface area contributed by atoms with Gasteiger partial charge in [-0.25, -0.2) is 0 Å². The first-order chi connectivity index (χ1) is 15.2. The summed E-state index contributed by atoms with van der Waals surface area (Å²) in [6, 6.07) is 9.10. The van der Waals surface area contributed by atoms with Crippen LogP contribution in [0.25, 0.3) is 11.3 Å². The Morgan fingerprint density at radius 1 is 1.23 bits per heavy atom. The Morgan fingerprint density at radius 3 is 2.94 bits per heavy atom. The van der Waals surface area contributed by atoms with Crippen LogP contribution in [-0.4, -0.2) is 60.8 Å². The summed E-state index contributed by atoms with van der Waals surface area (Å²) in [6.45, 7) is 0.520. The van der Waals surface area contributed by atoms with Gasteiger partial charge in [0, 0.05) is 36.4 Å². The van der Waals surface area contributed by atoms with Crippen molar-refractivity contribution in [3.63, 3.8) is 0 Å². The first-order valence-electron chi connectivity index (χ1n) is 10.5. The van der Waals surface area contributed by atoms with E-state index in [2.05, 4.69) is 25.6 Å². The lowest BCUT2D eigenvalue weighted by Crippen LogP contribution is -2.51. The average Bonchev–Trinajstić information content (AvgIpc) is 3.29. The molecule has 0 unspecified atom stereocenters. The van der Waals surface area contributed by atoms with E-state index in [1.54, 1.807) is 23.3 Å². The van der Waals surface area contributed by atoms with E-state index in [-0.39, 0.29) is 31.1 Å². The second-order valence-electron chi connectivity index (χ2n) is 7.63. The van der Waals surface area contributed by atoms with Gasteiger partial charge in [0.1, 0.15) is 11.8 Å². The van der Waals surface area contributed by atoms with Gasteiger partial charge in [0.25, 0.3) is 0 Å². The molecule has 4 rings (SSSR count). The molecule has 0 aliphatic carbocycles. The van der Waals surface area contributed by atoms with Gasteiger partial charge in [-0.05, 0) is 43.5 Å². The minimum Gasteiger partial charge on any atom is -0.394 e. The molecule has 3 aromatic heterocycles. The summed E-state index contributed by atoms with van der Waals surface area (Å²) >= 11 is 0. The highest BCUT2D eigenvalue weighted by atomic mass is 16.5. The highest BCUT2D eigenvalue weighted by molar-refractivity contribution is 5.78. The number of pyridine rings is 2. The lowest BCUT2D eigenvalue weighted by atomic mass is 9.97. The molecule has 1 saturated heterocycles. The van der Waals surface area contributed by atoms with Crippen LogP contribution in [0.5, 0.6) is 0 Å². The van der Waals surface area contributed by atoms with Crippen LogP contribution >= 0.6 is 0 Å². The number of aryl methyl sites for hydroxylation is 1. The van der Waals surface area contributed by atoms with Gasteiger partial charge in [0.2, 0.25) is 5.91 Å². The molecule has 0 spiro atoms. The van der Waals surface area contributed by atoms with E-state index in [1.165, 1.54) is 0 Å². The predicted octanol–water partition coefficient (Wildman–Crippen LogP) is 1.39. The van der Waals surface area contributed by atoms with Crippen LogP contribution in [0.3, 0.4) is 0 Å². The van der Waals surface area contributed by atoms with Crippen LogP contribution in [0.15, 0.2) is 55.1 Å². The smallest absolute Gasteiger partial charge is 0.226 e. The van der Waals surface area contributed by atoms with Crippen molar-refractivity contribution >= 4 is 5.91 Å². The Balaban J connectivity index is 1.26. The van der Waals surface area contributed by atoms with Crippen molar-refractivity contribution in [1.29, 1.82) is 0 Å². The quantitative estimate of drug-likeness (QED) is 0.564. The van der Waals surface area contributed by atoms with Gasteiger partial charge in [-0.1, -0.05) is 11.3 Å². The third kappa shape index (κ3) is 5.71. The second-order valence-corrected chi connectivity index (χ2v) is 7.63. The third-order valence-electron chi connectivity index (χ3n) is 5.39. The zero-order chi connectivity index (χ0) is 21.5. The van der Waals surface area contributed by atoms with E-state index in [1.807, 2.05) is 36.5 Å². The molecule has 9 heteroatoms. The highest BCUT2D eigenvalue weighted by Crippen LogP contribution is 2.23. The minimum absolute atomic E-state index is 0.00728. The molecule has 9 nitrogen and oxygen atoms in total. The zero-order valence-electron chi connectivity index (χ0n) is 17.2. The van der Waals surface area contributed by atoms with Gasteiger partial charge < -0.3 is 15.2 Å². The van der Waals surface area contributed by atoms with Crippen LogP contribution in [0.1, 0.15) is 25.0 Å². The van der Waals surface area contributed by atoms with Crippen molar-refractivity contribution in [3.05, 3.63) is 60.8 Å². The first kappa shape index (κ1) is 21.1. The maximum atomic E-state index is 12.3. The summed E-state index contributed by atoms with van der Waals surface area (Å²) in [4.78, 5) is 20.6. The number of aliphatic hydroxyl groups excluding tert-OH is 1. The van der Waals surface area contributed by atoms with Crippen molar-refractivity contribution in [1.82, 2.24) is 30.3 Å². The Bertz CT molecular complexity index is 966. The molecule has 3 atom stereocenters. The standard InChI is InChI=1S/C22H26N6O3/c29-15-21-19(25-22(30)12-17-5-1-2-10-24-17)7-6-18(31-21)8-11-28-14-20(26-27-28)16-4-3-9-23-13-16/h1-5,9-10,13-14,18-19,21,29H,6-8,11-12,15H2,(H,25,30)/t18-,19+,21-/m1/s1. The monoisotopic (exact) mass is 422 g/mol. The number of carbonyl (C=O) groups is 1. The molecule has 2 N–H and O–H groups in total. The van der Waals surface area contributed by atoms with Crippen LogP contribution in [0, 0.1) is 0 Å². The number of nitrogens with zero attached hydrogens (tertiary/aromatic N) is 5. The van der Waals surface area contributed by atoms with Gasteiger partial charge in [0.15, 0.2) is 0 Å². The van der Waals surface area contributed by atoms with Crippen molar-refractivity contribution in [2.24, 2.45) is 0 Å². The van der Waals surface area contributed by atoms with Crippen molar-refractivity contribution < 1.29 is 14.6 Å². The number of carbonyl (C=O) groups excluding carboxylic acids is 1. The molecule has 0 saturated carbocycles. The molecule has 1 amide bonds. The summed E-state index contributed by atoms with van der Waals surface area (Å²) in [5.41, 5.74) is 2.42. The van der Waals surface area contributed by atoms with E-state index in [4.69, 9.17) is 4.74 Å². The van der Waals surface area contributed by atoms with Crippen molar-refractivity contribution in [3.8, 4) is 11.3 Å². The lowest BCUT2D eigenvalue weighted by molar-refractivity contribution is -0.128. The van der Waals surface area contributed by atoms with Crippen LogP contribution < -0.4 is 5.32 Å². The van der Waals surface area contributed by atoms with Gasteiger partial charge in [-0.15, -0.1) is 5.10 Å². The SMILES string of the molecule is O=C(Cc1ccccn1)N[C@H]1CC[C@H](CCn2cc(-c3cccnc3)nn2)O[C@@H]1CO. The molecule has 1 fully saturated rings.